The summed E-state index contributed by atoms with van der Waals surface area (Å²) in [5, 5.41) is 5.37. The van der Waals surface area contributed by atoms with E-state index >= 15 is 0 Å². The van der Waals surface area contributed by atoms with Gasteiger partial charge in [0.05, 0.1) is 11.6 Å². The molecule has 0 spiro atoms. The average Bonchev–Trinajstić information content (AvgIpc) is 2.94. The fourth-order valence-electron chi connectivity index (χ4n) is 1.63. The predicted molar refractivity (Wildman–Crippen MR) is 90.5 cm³/mol. The predicted octanol–water partition coefficient (Wildman–Crippen LogP) is 3.35. The summed E-state index contributed by atoms with van der Waals surface area (Å²) in [5.41, 5.74) is 5.22. The van der Waals surface area contributed by atoms with Crippen LogP contribution in [0.15, 0.2) is 23.6 Å². The van der Waals surface area contributed by atoms with Crippen LogP contribution in [-0.4, -0.2) is 23.4 Å². The lowest BCUT2D eigenvalue weighted by molar-refractivity contribution is -0.116. The van der Waals surface area contributed by atoms with Crippen molar-refractivity contribution < 1.29 is 14.3 Å². The normalized spacial score (nSPS) is 10.3. The van der Waals surface area contributed by atoms with Crippen molar-refractivity contribution in [3.05, 3.63) is 39.3 Å². The summed E-state index contributed by atoms with van der Waals surface area (Å²) in [4.78, 5) is 26.6. The average molecular weight is 374 g/mol. The van der Waals surface area contributed by atoms with Gasteiger partial charge in [-0.2, -0.15) is 0 Å². The zero-order chi connectivity index (χ0) is 16.8. The maximum atomic E-state index is 11.8. The molecule has 2 amide bonds. The Morgan fingerprint density at radius 2 is 2.13 bits per heavy atom. The summed E-state index contributed by atoms with van der Waals surface area (Å²) in [6.45, 7) is 0.333. The molecule has 0 saturated carbocycles. The molecular weight excluding hydrogens is 361 g/mol. The molecule has 0 fully saturated rings. The second kappa shape index (κ2) is 8.14. The Morgan fingerprint density at radius 3 is 2.78 bits per heavy atom. The number of ether oxygens (including phenoxy) is 1. The van der Waals surface area contributed by atoms with Crippen LogP contribution in [0.1, 0.15) is 23.3 Å². The fraction of sp³-hybridized carbons (Fsp3) is 0.214. The second-order valence-corrected chi connectivity index (χ2v) is 6.18. The van der Waals surface area contributed by atoms with Gasteiger partial charge in [0.15, 0.2) is 5.13 Å². The van der Waals surface area contributed by atoms with E-state index in [-0.39, 0.29) is 18.0 Å². The molecule has 2 aromatic rings. The number of primary amides is 1. The number of halogens is 2. The van der Waals surface area contributed by atoms with Gasteiger partial charge < -0.3 is 15.8 Å². The van der Waals surface area contributed by atoms with E-state index < -0.39 is 5.91 Å². The maximum Gasteiger partial charge on any atom is 0.268 e. The largest absolute Gasteiger partial charge is 0.492 e. The SMILES string of the molecule is NC(=O)c1csc(NC(=O)CCCOc2ccc(Cl)cc2Cl)n1. The first-order chi connectivity index (χ1) is 11.0. The number of benzene rings is 1. The zero-order valence-corrected chi connectivity index (χ0v) is 14.2. The van der Waals surface area contributed by atoms with Crippen molar-refractivity contribution in [2.24, 2.45) is 5.73 Å². The first-order valence-electron chi connectivity index (χ1n) is 6.58. The van der Waals surface area contributed by atoms with Gasteiger partial charge in [-0.3, -0.25) is 9.59 Å². The van der Waals surface area contributed by atoms with Crippen molar-refractivity contribution in [1.82, 2.24) is 4.98 Å². The van der Waals surface area contributed by atoms with Gasteiger partial charge in [-0.25, -0.2) is 4.98 Å². The monoisotopic (exact) mass is 373 g/mol. The molecule has 0 saturated heterocycles. The van der Waals surface area contributed by atoms with Gasteiger partial charge in [0, 0.05) is 16.8 Å². The molecular formula is C14H13Cl2N3O3S. The van der Waals surface area contributed by atoms with E-state index in [2.05, 4.69) is 10.3 Å². The quantitative estimate of drug-likeness (QED) is 0.727. The molecule has 122 valence electrons. The molecule has 0 aliphatic heterocycles. The lowest BCUT2D eigenvalue weighted by Crippen LogP contribution is -2.14. The number of amides is 2. The van der Waals surface area contributed by atoms with Crippen LogP contribution in [0.25, 0.3) is 0 Å². The van der Waals surface area contributed by atoms with E-state index in [9.17, 15) is 9.59 Å². The molecule has 9 heteroatoms. The van der Waals surface area contributed by atoms with Gasteiger partial charge in [0.25, 0.3) is 5.91 Å². The molecule has 0 atom stereocenters. The Balaban J connectivity index is 1.73. The number of thiazole rings is 1. The first kappa shape index (κ1) is 17.5. The smallest absolute Gasteiger partial charge is 0.268 e. The van der Waals surface area contributed by atoms with Gasteiger partial charge in [-0.05, 0) is 24.6 Å². The van der Waals surface area contributed by atoms with Crippen LogP contribution in [0.4, 0.5) is 5.13 Å². The zero-order valence-electron chi connectivity index (χ0n) is 11.8. The Morgan fingerprint density at radius 1 is 1.35 bits per heavy atom. The third-order valence-corrected chi connectivity index (χ3v) is 3.99. The van der Waals surface area contributed by atoms with E-state index in [4.69, 9.17) is 33.7 Å². The van der Waals surface area contributed by atoms with Gasteiger partial charge in [-0.1, -0.05) is 23.2 Å². The molecule has 6 nitrogen and oxygen atoms in total. The van der Waals surface area contributed by atoms with Crippen LogP contribution < -0.4 is 15.8 Å². The van der Waals surface area contributed by atoms with E-state index in [1.54, 1.807) is 18.2 Å². The minimum absolute atomic E-state index is 0.131. The maximum absolute atomic E-state index is 11.8. The number of carbonyl (C=O) groups is 2. The van der Waals surface area contributed by atoms with Gasteiger partial charge in [0.1, 0.15) is 11.4 Å². The van der Waals surface area contributed by atoms with Crippen molar-refractivity contribution in [3.8, 4) is 5.75 Å². The topological polar surface area (TPSA) is 94.3 Å². The van der Waals surface area contributed by atoms with E-state index in [0.29, 0.717) is 34.0 Å². The third-order valence-electron chi connectivity index (χ3n) is 2.70. The van der Waals surface area contributed by atoms with Crippen molar-refractivity contribution in [2.75, 3.05) is 11.9 Å². The second-order valence-electron chi connectivity index (χ2n) is 4.48. The minimum Gasteiger partial charge on any atom is -0.492 e. The van der Waals surface area contributed by atoms with E-state index in [0.717, 1.165) is 11.3 Å². The van der Waals surface area contributed by atoms with Gasteiger partial charge >= 0.3 is 0 Å². The molecule has 0 aliphatic carbocycles. The van der Waals surface area contributed by atoms with Crippen LogP contribution in [0.5, 0.6) is 5.75 Å². The van der Waals surface area contributed by atoms with Crippen LogP contribution >= 0.6 is 34.5 Å². The molecule has 0 aliphatic rings. The van der Waals surface area contributed by atoms with Crippen molar-refractivity contribution in [3.63, 3.8) is 0 Å². The molecule has 1 aromatic heterocycles. The number of hydrogen-bond acceptors (Lipinski definition) is 5. The lowest BCUT2D eigenvalue weighted by Gasteiger charge is -2.08. The molecule has 2 rings (SSSR count). The summed E-state index contributed by atoms with van der Waals surface area (Å²) >= 11 is 12.9. The lowest BCUT2D eigenvalue weighted by atomic mass is 10.3. The van der Waals surface area contributed by atoms with Crippen LogP contribution in [0.2, 0.25) is 10.0 Å². The number of nitrogens with two attached hydrogens (primary N) is 1. The Labute approximate surface area is 146 Å². The van der Waals surface area contributed by atoms with Crippen molar-refractivity contribution >= 4 is 51.5 Å². The molecule has 3 N–H and O–H groups in total. The third kappa shape index (κ3) is 5.38. The van der Waals surface area contributed by atoms with Gasteiger partial charge in [0.2, 0.25) is 5.91 Å². The molecule has 0 bridgehead atoms. The highest BCUT2D eigenvalue weighted by molar-refractivity contribution is 7.14. The highest BCUT2D eigenvalue weighted by Gasteiger charge is 2.10. The first-order valence-corrected chi connectivity index (χ1v) is 8.22. The number of nitrogens with zero attached hydrogens (tertiary/aromatic N) is 1. The van der Waals surface area contributed by atoms with Crippen LogP contribution in [0.3, 0.4) is 0 Å². The molecule has 1 aromatic carbocycles. The van der Waals surface area contributed by atoms with Crippen LogP contribution in [-0.2, 0) is 4.79 Å². The number of carbonyl (C=O) groups excluding carboxylic acids is 2. The number of hydrogen-bond donors (Lipinski definition) is 2. The Hall–Kier alpha value is -1.83. The van der Waals surface area contributed by atoms with Crippen LogP contribution in [0, 0.1) is 0 Å². The molecule has 0 radical (unpaired) electrons. The summed E-state index contributed by atoms with van der Waals surface area (Å²) in [5.74, 6) is -0.335. The van der Waals surface area contributed by atoms with E-state index in [1.165, 1.54) is 5.38 Å². The summed E-state index contributed by atoms with van der Waals surface area (Å²) in [6, 6.07) is 4.93. The summed E-state index contributed by atoms with van der Waals surface area (Å²) < 4.78 is 5.48. The fourth-order valence-corrected chi connectivity index (χ4v) is 2.81. The molecule has 1 heterocycles. The molecule has 23 heavy (non-hydrogen) atoms. The van der Waals surface area contributed by atoms with Crippen molar-refractivity contribution in [2.45, 2.75) is 12.8 Å². The molecule has 0 unspecified atom stereocenters. The standard InChI is InChI=1S/C14H13Cl2N3O3S/c15-8-3-4-11(9(16)6-8)22-5-1-2-12(20)19-14-18-10(7-23-14)13(17)21/h3-4,6-7H,1-2,5H2,(H2,17,21)(H,18,19,20). The summed E-state index contributed by atoms with van der Waals surface area (Å²) in [7, 11) is 0. The van der Waals surface area contributed by atoms with E-state index in [1.807, 2.05) is 0 Å². The Bertz CT molecular complexity index is 721. The number of nitrogens with one attached hydrogen (secondary N) is 1. The van der Waals surface area contributed by atoms with Crippen molar-refractivity contribution in [1.29, 1.82) is 0 Å². The highest BCUT2D eigenvalue weighted by atomic mass is 35.5. The highest BCUT2D eigenvalue weighted by Crippen LogP contribution is 2.27. The van der Waals surface area contributed by atoms with Gasteiger partial charge in [-0.15, -0.1) is 11.3 Å². The Kier molecular flexibility index (Phi) is 6.20. The number of aromatic nitrogens is 1. The number of anilines is 1. The summed E-state index contributed by atoms with van der Waals surface area (Å²) in [6.07, 6.45) is 0.746. The number of rotatable bonds is 7. The minimum atomic E-state index is -0.630.